The summed E-state index contributed by atoms with van der Waals surface area (Å²) in [5, 5.41) is 4.77. The number of ether oxygens (including phenoxy) is 2. The molecule has 1 aromatic carbocycles. The van der Waals surface area contributed by atoms with Gasteiger partial charge in [-0.3, -0.25) is 4.98 Å². The summed E-state index contributed by atoms with van der Waals surface area (Å²) in [4.78, 5) is 4.38. The highest BCUT2D eigenvalue weighted by molar-refractivity contribution is 5.79. The van der Waals surface area contributed by atoms with E-state index in [4.69, 9.17) is 9.47 Å². The molecular formula is C17H22N2O2. The molecule has 1 atom stereocenters. The fraction of sp³-hybridized carbons (Fsp3) is 0.471. The summed E-state index contributed by atoms with van der Waals surface area (Å²) in [6.45, 7) is 4.57. The normalized spacial score (nSPS) is 17.4. The van der Waals surface area contributed by atoms with Gasteiger partial charge in [-0.25, -0.2) is 0 Å². The second kappa shape index (κ2) is 6.98. The Hall–Kier alpha value is -1.49. The van der Waals surface area contributed by atoms with Gasteiger partial charge in [-0.2, -0.15) is 0 Å². The number of aromatic nitrogens is 1. The zero-order chi connectivity index (χ0) is 14.5. The molecule has 1 N–H and O–H groups in total. The van der Waals surface area contributed by atoms with Crippen LogP contribution in [0.1, 0.15) is 31.4 Å². The van der Waals surface area contributed by atoms with Crippen molar-refractivity contribution in [3.05, 3.63) is 42.1 Å². The molecule has 3 rings (SSSR count). The van der Waals surface area contributed by atoms with Crippen molar-refractivity contribution in [2.75, 3.05) is 19.8 Å². The fourth-order valence-electron chi connectivity index (χ4n) is 2.70. The summed E-state index contributed by atoms with van der Waals surface area (Å²) in [7, 11) is 0. The van der Waals surface area contributed by atoms with Crippen molar-refractivity contribution in [2.24, 2.45) is 0 Å². The Balaban J connectivity index is 1.81. The maximum Gasteiger partial charge on any atom is 0.159 e. The van der Waals surface area contributed by atoms with Crippen LogP contribution in [-0.2, 0) is 9.47 Å². The van der Waals surface area contributed by atoms with Gasteiger partial charge in [0.25, 0.3) is 0 Å². The molecular weight excluding hydrogens is 264 g/mol. The number of nitrogens with zero attached hydrogens (tertiary/aromatic N) is 1. The highest BCUT2D eigenvalue weighted by atomic mass is 16.7. The Morgan fingerprint density at radius 3 is 2.95 bits per heavy atom. The Morgan fingerprint density at radius 2 is 2.14 bits per heavy atom. The van der Waals surface area contributed by atoms with Crippen LogP contribution in [0.4, 0.5) is 0 Å². The van der Waals surface area contributed by atoms with Crippen LogP contribution >= 0.6 is 0 Å². The Labute approximate surface area is 125 Å². The topological polar surface area (TPSA) is 43.4 Å². The summed E-state index contributed by atoms with van der Waals surface area (Å²) in [6, 6.07) is 10.8. The number of rotatable bonds is 6. The first-order valence-electron chi connectivity index (χ1n) is 7.68. The molecule has 0 spiro atoms. The zero-order valence-electron chi connectivity index (χ0n) is 12.4. The molecule has 2 aromatic rings. The Bertz CT molecular complexity index is 582. The zero-order valence-corrected chi connectivity index (χ0v) is 12.4. The molecule has 1 unspecified atom stereocenters. The molecule has 21 heavy (non-hydrogen) atoms. The predicted molar refractivity (Wildman–Crippen MR) is 83.1 cm³/mol. The maximum absolute atomic E-state index is 5.60. The van der Waals surface area contributed by atoms with Gasteiger partial charge in [-0.1, -0.05) is 19.1 Å². The molecule has 0 aliphatic carbocycles. The highest BCUT2D eigenvalue weighted by Crippen LogP contribution is 2.25. The first kappa shape index (κ1) is 14.4. The quantitative estimate of drug-likeness (QED) is 0.886. The van der Waals surface area contributed by atoms with Gasteiger partial charge in [0.05, 0.1) is 18.7 Å². The second-order valence-corrected chi connectivity index (χ2v) is 5.37. The van der Waals surface area contributed by atoms with Gasteiger partial charge in [0.1, 0.15) is 0 Å². The Kier molecular flexibility index (Phi) is 4.80. The molecule has 0 radical (unpaired) electrons. The minimum absolute atomic E-state index is 0.0936. The predicted octanol–water partition coefficient (Wildman–Crippen LogP) is 3.04. The number of nitrogens with one attached hydrogen (secondary N) is 1. The standard InChI is InChI=1S/C17H22N2O2/c1-2-7-18-16(12-17-20-9-10-21-17)14-5-6-15-13(11-14)4-3-8-19-15/h3-6,8,11,16-18H,2,7,9-10,12H2,1H3. The van der Waals surface area contributed by atoms with Crippen LogP contribution in [-0.4, -0.2) is 31.0 Å². The van der Waals surface area contributed by atoms with Gasteiger partial charge in [-0.15, -0.1) is 0 Å². The van der Waals surface area contributed by atoms with Crippen LogP contribution < -0.4 is 5.32 Å². The molecule has 0 bridgehead atoms. The smallest absolute Gasteiger partial charge is 0.159 e. The Morgan fingerprint density at radius 1 is 1.29 bits per heavy atom. The van der Waals surface area contributed by atoms with Gasteiger partial charge in [-0.05, 0) is 36.7 Å². The van der Waals surface area contributed by atoms with Crippen molar-refractivity contribution >= 4 is 10.9 Å². The molecule has 0 saturated carbocycles. The number of pyridine rings is 1. The number of hydrogen-bond acceptors (Lipinski definition) is 4. The summed E-state index contributed by atoms with van der Waals surface area (Å²) in [5.41, 5.74) is 2.30. The van der Waals surface area contributed by atoms with E-state index in [1.165, 1.54) is 10.9 Å². The third-order valence-corrected chi connectivity index (χ3v) is 3.79. The summed E-state index contributed by atoms with van der Waals surface area (Å²) in [6.07, 6.45) is 3.68. The third-order valence-electron chi connectivity index (χ3n) is 3.79. The molecule has 1 saturated heterocycles. The van der Waals surface area contributed by atoms with Crippen molar-refractivity contribution in [1.29, 1.82) is 0 Å². The van der Waals surface area contributed by atoms with E-state index in [9.17, 15) is 0 Å². The summed E-state index contributed by atoms with van der Waals surface area (Å²) >= 11 is 0. The number of hydrogen-bond donors (Lipinski definition) is 1. The first-order chi connectivity index (χ1) is 10.4. The third kappa shape index (κ3) is 3.59. The molecule has 112 valence electrons. The molecule has 0 amide bonds. The molecule has 4 nitrogen and oxygen atoms in total. The lowest BCUT2D eigenvalue weighted by molar-refractivity contribution is -0.0530. The van der Waals surface area contributed by atoms with Crippen molar-refractivity contribution in [1.82, 2.24) is 10.3 Å². The van der Waals surface area contributed by atoms with Crippen LogP contribution in [0, 0.1) is 0 Å². The van der Waals surface area contributed by atoms with Crippen LogP contribution in [0.3, 0.4) is 0 Å². The maximum atomic E-state index is 5.60. The van der Waals surface area contributed by atoms with E-state index in [2.05, 4.69) is 41.5 Å². The second-order valence-electron chi connectivity index (χ2n) is 5.37. The molecule has 1 aromatic heterocycles. The molecule has 2 heterocycles. The van der Waals surface area contributed by atoms with Crippen LogP contribution in [0.2, 0.25) is 0 Å². The van der Waals surface area contributed by atoms with Crippen molar-refractivity contribution < 1.29 is 9.47 Å². The molecule has 4 heteroatoms. The van der Waals surface area contributed by atoms with Gasteiger partial charge >= 0.3 is 0 Å². The minimum atomic E-state index is -0.0936. The summed E-state index contributed by atoms with van der Waals surface area (Å²) in [5.74, 6) is 0. The lowest BCUT2D eigenvalue weighted by Gasteiger charge is -2.22. The number of benzene rings is 1. The average Bonchev–Trinajstić information content (AvgIpc) is 3.04. The SMILES string of the molecule is CCCNC(CC1OCCO1)c1ccc2ncccc2c1. The van der Waals surface area contributed by atoms with E-state index < -0.39 is 0 Å². The summed E-state index contributed by atoms with van der Waals surface area (Å²) < 4.78 is 11.2. The van der Waals surface area contributed by atoms with Crippen molar-refractivity contribution in [3.8, 4) is 0 Å². The van der Waals surface area contributed by atoms with Gasteiger partial charge in [0, 0.05) is 24.0 Å². The molecule has 1 aliphatic rings. The average molecular weight is 286 g/mol. The minimum Gasteiger partial charge on any atom is -0.350 e. The van der Waals surface area contributed by atoms with Gasteiger partial charge in [0.2, 0.25) is 0 Å². The van der Waals surface area contributed by atoms with Crippen molar-refractivity contribution in [2.45, 2.75) is 32.1 Å². The molecule has 1 fully saturated rings. The van der Waals surface area contributed by atoms with E-state index in [1.807, 2.05) is 12.3 Å². The van der Waals surface area contributed by atoms with E-state index >= 15 is 0 Å². The van der Waals surface area contributed by atoms with E-state index in [-0.39, 0.29) is 12.3 Å². The fourth-order valence-corrected chi connectivity index (χ4v) is 2.70. The van der Waals surface area contributed by atoms with Crippen LogP contribution in [0.5, 0.6) is 0 Å². The highest BCUT2D eigenvalue weighted by Gasteiger charge is 2.22. The van der Waals surface area contributed by atoms with Gasteiger partial charge < -0.3 is 14.8 Å². The lowest BCUT2D eigenvalue weighted by Crippen LogP contribution is -2.26. The van der Waals surface area contributed by atoms with E-state index in [0.717, 1.165) is 24.9 Å². The number of fused-ring (bicyclic) bond motifs is 1. The van der Waals surface area contributed by atoms with Crippen LogP contribution in [0.15, 0.2) is 36.5 Å². The lowest BCUT2D eigenvalue weighted by atomic mass is 10.0. The monoisotopic (exact) mass is 286 g/mol. The van der Waals surface area contributed by atoms with Gasteiger partial charge in [0.15, 0.2) is 6.29 Å². The first-order valence-corrected chi connectivity index (χ1v) is 7.68. The van der Waals surface area contributed by atoms with Crippen molar-refractivity contribution in [3.63, 3.8) is 0 Å². The van der Waals surface area contributed by atoms with E-state index in [0.29, 0.717) is 13.2 Å². The van der Waals surface area contributed by atoms with E-state index in [1.54, 1.807) is 0 Å². The molecule has 1 aliphatic heterocycles. The van der Waals surface area contributed by atoms with Crippen LogP contribution in [0.25, 0.3) is 10.9 Å². The largest absolute Gasteiger partial charge is 0.350 e.